The van der Waals surface area contributed by atoms with E-state index in [9.17, 15) is 0 Å². The maximum absolute atomic E-state index is 5.50. The van der Waals surface area contributed by atoms with Crippen LogP contribution >= 0.6 is 39.5 Å². The van der Waals surface area contributed by atoms with Crippen molar-refractivity contribution in [3.05, 3.63) is 9.98 Å². The molecule has 0 unspecified atom stereocenters. The largest absolute Gasteiger partial charge is 0.393 e. The van der Waals surface area contributed by atoms with Crippen LogP contribution in [0.25, 0.3) is 0 Å². The zero-order valence-electron chi connectivity index (χ0n) is 8.74. The molecule has 0 aliphatic rings. The molecule has 0 saturated heterocycles. The highest BCUT2D eigenvalue weighted by atomic mass is 79.9. The number of aromatic nitrogens is 1. The summed E-state index contributed by atoms with van der Waals surface area (Å²) in [4.78, 5) is 7.14. The molecule has 6 heteroatoms. The first-order valence-electron chi connectivity index (χ1n) is 4.66. The smallest absolute Gasteiger partial charge is 0.186 e. The highest BCUT2D eigenvalue weighted by molar-refractivity contribution is 9.10. The molecule has 3 nitrogen and oxygen atoms in total. The third kappa shape index (κ3) is 4.04. The number of nitrogens with zero attached hydrogens (tertiary/aromatic N) is 2. The SMILES string of the molecule is CC(C)N(CCC(N)=S)c1nc(Br)cs1. The fourth-order valence-corrected chi connectivity index (χ4v) is 2.68. The Labute approximate surface area is 108 Å². The Morgan fingerprint density at radius 2 is 2.40 bits per heavy atom. The van der Waals surface area contributed by atoms with Gasteiger partial charge in [-0.3, -0.25) is 0 Å². The van der Waals surface area contributed by atoms with E-state index in [0.717, 1.165) is 22.7 Å². The summed E-state index contributed by atoms with van der Waals surface area (Å²) in [6.45, 7) is 5.09. The molecule has 1 heterocycles. The molecule has 2 N–H and O–H groups in total. The summed E-state index contributed by atoms with van der Waals surface area (Å²) < 4.78 is 0.878. The Bertz CT molecular complexity index is 338. The molecule has 0 atom stereocenters. The van der Waals surface area contributed by atoms with Crippen molar-refractivity contribution >= 4 is 49.6 Å². The Kier molecular flexibility index (Phi) is 4.95. The van der Waals surface area contributed by atoms with Crippen molar-refractivity contribution in [2.75, 3.05) is 11.4 Å². The quantitative estimate of drug-likeness (QED) is 0.849. The fourth-order valence-electron chi connectivity index (χ4n) is 1.18. The van der Waals surface area contributed by atoms with Crippen molar-refractivity contribution in [2.24, 2.45) is 5.73 Å². The second-order valence-corrected chi connectivity index (χ2v) is 5.63. The predicted octanol–water partition coefficient (Wildman–Crippen LogP) is 2.80. The van der Waals surface area contributed by atoms with E-state index in [0.29, 0.717) is 11.0 Å². The molecule has 0 saturated carbocycles. The predicted molar refractivity (Wildman–Crippen MR) is 73.7 cm³/mol. The van der Waals surface area contributed by atoms with Crippen LogP contribution in [-0.2, 0) is 0 Å². The fraction of sp³-hybridized carbons (Fsp3) is 0.556. The average Bonchev–Trinajstić information content (AvgIpc) is 2.51. The number of halogens is 1. The third-order valence-electron chi connectivity index (χ3n) is 1.93. The van der Waals surface area contributed by atoms with E-state index in [1.165, 1.54) is 0 Å². The minimum absolute atomic E-state index is 0.400. The van der Waals surface area contributed by atoms with Gasteiger partial charge in [0.15, 0.2) is 5.13 Å². The van der Waals surface area contributed by atoms with Crippen LogP contribution in [0.4, 0.5) is 5.13 Å². The number of thiocarbonyl (C=S) groups is 1. The van der Waals surface area contributed by atoms with Gasteiger partial charge in [0.1, 0.15) is 4.60 Å². The molecule has 0 amide bonds. The Morgan fingerprint density at radius 3 is 2.80 bits per heavy atom. The molecule has 15 heavy (non-hydrogen) atoms. The molecule has 84 valence electrons. The average molecular weight is 308 g/mol. The first-order valence-corrected chi connectivity index (χ1v) is 6.74. The number of thiazole rings is 1. The number of hydrogen-bond donors (Lipinski definition) is 1. The van der Waals surface area contributed by atoms with Gasteiger partial charge in [-0.1, -0.05) is 12.2 Å². The molecule has 0 spiro atoms. The van der Waals surface area contributed by atoms with Crippen LogP contribution in [0.2, 0.25) is 0 Å². The van der Waals surface area contributed by atoms with Gasteiger partial charge in [0.2, 0.25) is 0 Å². The van der Waals surface area contributed by atoms with Crippen LogP contribution in [0, 0.1) is 0 Å². The van der Waals surface area contributed by atoms with Gasteiger partial charge in [0.25, 0.3) is 0 Å². The maximum Gasteiger partial charge on any atom is 0.186 e. The molecule has 0 aliphatic heterocycles. The third-order valence-corrected chi connectivity index (χ3v) is 3.72. The van der Waals surface area contributed by atoms with Gasteiger partial charge in [-0.2, -0.15) is 0 Å². The van der Waals surface area contributed by atoms with E-state index in [1.54, 1.807) is 11.3 Å². The van der Waals surface area contributed by atoms with Crippen molar-refractivity contribution < 1.29 is 0 Å². The number of rotatable bonds is 5. The maximum atomic E-state index is 5.50. The monoisotopic (exact) mass is 307 g/mol. The van der Waals surface area contributed by atoms with Gasteiger partial charge in [-0.25, -0.2) is 4.98 Å². The van der Waals surface area contributed by atoms with E-state index >= 15 is 0 Å². The van der Waals surface area contributed by atoms with Crippen molar-refractivity contribution in [1.82, 2.24) is 4.98 Å². The molecule has 0 bridgehead atoms. The van der Waals surface area contributed by atoms with Gasteiger partial charge in [-0.05, 0) is 29.8 Å². The summed E-state index contributed by atoms with van der Waals surface area (Å²) in [5.41, 5.74) is 5.50. The Morgan fingerprint density at radius 1 is 1.73 bits per heavy atom. The highest BCUT2D eigenvalue weighted by Gasteiger charge is 2.13. The molecule has 1 rings (SSSR count). The molecular formula is C9H14BrN3S2. The van der Waals surface area contributed by atoms with Gasteiger partial charge < -0.3 is 10.6 Å². The summed E-state index contributed by atoms with van der Waals surface area (Å²) in [7, 11) is 0. The van der Waals surface area contributed by atoms with Crippen LogP contribution in [0.1, 0.15) is 20.3 Å². The second-order valence-electron chi connectivity index (χ2n) is 3.46. The summed E-state index contributed by atoms with van der Waals surface area (Å²) in [5, 5.41) is 2.99. The normalized spacial score (nSPS) is 10.7. The van der Waals surface area contributed by atoms with E-state index in [-0.39, 0.29) is 0 Å². The number of hydrogen-bond acceptors (Lipinski definition) is 4. The van der Waals surface area contributed by atoms with Crippen molar-refractivity contribution in [2.45, 2.75) is 26.3 Å². The molecule has 1 aromatic heterocycles. The Balaban J connectivity index is 2.70. The molecule has 1 aromatic rings. The topological polar surface area (TPSA) is 42.1 Å². The lowest BCUT2D eigenvalue weighted by molar-refractivity contribution is 0.688. The first-order chi connectivity index (χ1) is 7.00. The molecule has 0 fully saturated rings. The Hall–Kier alpha value is -0.200. The first kappa shape index (κ1) is 12.9. The van der Waals surface area contributed by atoms with E-state index in [2.05, 4.69) is 39.7 Å². The minimum atomic E-state index is 0.400. The van der Waals surface area contributed by atoms with Crippen LogP contribution in [0.3, 0.4) is 0 Å². The van der Waals surface area contributed by atoms with Gasteiger partial charge >= 0.3 is 0 Å². The summed E-state index contributed by atoms with van der Waals surface area (Å²) in [5.74, 6) is 0. The lowest BCUT2D eigenvalue weighted by Gasteiger charge is -2.25. The minimum Gasteiger partial charge on any atom is -0.393 e. The lowest BCUT2D eigenvalue weighted by atomic mass is 10.3. The molecule has 0 radical (unpaired) electrons. The number of nitrogens with two attached hydrogens (primary N) is 1. The second kappa shape index (κ2) is 5.77. The van der Waals surface area contributed by atoms with Crippen molar-refractivity contribution in [3.8, 4) is 0 Å². The van der Waals surface area contributed by atoms with E-state index in [4.69, 9.17) is 18.0 Å². The lowest BCUT2D eigenvalue weighted by Crippen LogP contribution is -2.33. The molecular weight excluding hydrogens is 294 g/mol. The van der Waals surface area contributed by atoms with Crippen LogP contribution in [0.5, 0.6) is 0 Å². The molecule has 0 aromatic carbocycles. The van der Waals surface area contributed by atoms with Crippen LogP contribution in [0.15, 0.2) is 9.98 Å². The van der Waals surface area contributed by atoms with Gasteiger partial charge in [0.05, 0.1) is 4.99 Å². The van der Waals surface area contributed by atoms with Crippen molar-refractivity contribution in [1.29, 1.82) is 0 Å². The van der Waals surface area contributed by atoms with E-state index < -0.39 is 0 Å². The van der Waals surface area contributed by atoms with Gasteiger partial charge in [0, 0.05) is 24.4 Å². The van der Waals surface area contributed by atoms with Gasteiger partial charge in [-0.15, -0.1) is 11.3 Å². The summed E-state index contributed by atoms with van der Waals surface area (Å²) >= 11 is 9.85. The van der Waals surface area contributed by atoms with E-state index in [1.807, 2.05) is 5.38 Å². The zero-order chi connectivity index (χ0) is 11.4. The van der Waals surface area contributed by atoms with Crippen LogP contribution < -0.4 is 10.6 Å². The number of anilines is 1. The standard InChI is InChI=1S/C9H14BrN3S2/c1-6(2)13(4-3-8(11)14)9-12-7(10)5-15-9/h5-6H,3-4H2,1-2H3,(H2,11,14). The summed E-state index contributed by atoms with van der Waals surface area (Å²) in [6, 6.07) is 0.400. The molecule has 0 aliphatic carbocycles. The zero-order valence-corrected chi connectivity index (χ0v) is 12.0. The van der Waals surface area contributed by atoms with Crippen molar-refractivity contribution in [3.63, 3.8) is 0 Å². The highest BCUT2D eigenvalue weighted by Crippen LogP contribution is 2.25. The van der Waals surface area contributed by atoms with Crippen LogP contribution in [-0.4, -0.2) is 22.6 Å². The summed E-state index contributed by atoms with van der Waals surface area (Å²) in [6.07, 6.45) is 0.727.